The Morgan fingerprint density at radius 2 is 1.88 bits per heavy atom. The Kier molecular flexibility index (Phi) is 13.2. The molecule has 0 bridgehead atoms. The molecule has 0 fully saturated rings. The molecule has 5 heteroatoms. The molecule has 0 atom stereocenters. The maximum Gasteiger partial charge on any atom is 0.299 e. The Bertz CT molecular complexity index is 70.9. The molecule has 0 saturated heterocycles. The minimum atomic E-state index is -2.61. The topological polar surface area (TPSA) is 57.5 Å². The van der Waals surface area contributed by atoms with Gasteiger partial charge in [0.25, 0.3) is 11.4 Å². The quantitative estimate of drug-likeness (QED) is 0.421. The van der Waals surface area contributed by atoms with Crippen LogP contribution < -0.4 is 0 Å². The molecule has 0 aliphatic heterocycles. The molecule has 0 radical (unpaired) electrons. The van der Waals surface area contributed by atoms with Gasteiger partial charge in [0, 0.05) is 0 Å². The lowest BCUT2D eigenvalue weighted by atomic mass is 10.7. The van der Waals surface area contributed by atoms with Gasteiger partial charge in [-0.1, -0.05) is 6.08 Å². The van der Waals surface area contributed by atoms with Crippen molar-refractivity contribution in [1.82, 2.24) is 0 Å². The predicted molar refractivity (Wildman–Crippen MR) is 29.6 cm³/mol. The van der Waals surface area contributed by atoms with Crippen LogP contribution >= 0.6 is 0 Å². The lowest BCUT2D eigenvalue weighted by molar-refractivity contribution is 0.454. The highest BCUT2D eigenvalue weighted by molar-refractivity contribution is 7.73. The molecule has 0 unspecified atom stereocenters. The van der Waals surface area contributed by atoms with Crippen LogP contribution in [0.3, 0.4) is 0 Å². The first-order chi connectivity index (χ1) is 3.65. The molecule has 0 amide bonds. The molecule has 0 spiro atoms. The number of hydrogen-bond acceptors (Lipinski definition) is 1. The molecule has 0 saturated carbocycles. The summed E-state index contributed by atoms with van der Waals surface area (Å²) in [4.78, 5) is 0. The van der Waals surface area contributed by atoms with E-state index < -0.39 is 18.0 Å². The first-order valence-corrected chi connectivity index (χ1v) is 2.68. The molecule has 50 valence electrons. The molecule has 0 aliphatic carbocycles. The maximum absolute atomic E-state index is 10.6. The highest BCUT2D eigenvalue weighted by atomic mass is 32.2. The van der Waals surface area contributed by atoms with E-state index in [1.165, 1.54) is 6.08 Å². The third kappa shape index (κ3) is 236. The molecule has 0 rings (SSSR count). The van der Waals surface area contributed by atoms with Gasteiger partial charge in [-0.2, -0.15) is 4.21 Å². The zero-order valence-corrected chi connectivity index (χ0v) is 4.90. The fraction of sp³-hybridized carbons (Fsp3) is 0.333. The standard InChI is InChI=1S/C3H5F.H2O3S/c1-2-3-4;1-4(2)3/h2H,1,3H2;(H2,1,2,3). The minimum absolute atomic E-state index is 0.417. The number of rotatable bonds is 1. The molecule has 3 nitrogen and oxygen atoms in total. The highest BCUT2D eigenvalue weighted by Crippen LogP contribution is 1.58. The van der Waals surface area contributed by atoms with Crippen LogP contribution in [0.1, 0.15) is 0 Å². The first kappa shape index (κ1) is 10.7. The van der Waals surface area contributed by atoms with Crippen LogP contribution in [-0.2, 0) is 11.4 Å². The smallest absolute Gasteiger partial charge is 0.284 e. The van der Waals surface area contributed by atoms with Crippen molar-refractivity contribution in [3.63, 3.8) is 0 Å². The summed E-state index contributed by atoms with van der Waals surface area (Å²) in [6.45, 7) is 2.69. The van der Waals surface area contributed by atoms with Crippen molar-refractivity contribution < 1.29 is 17.7 Å². The average Bonchev–Trinajstić information content (AvgIpc) is 1.65. The normalized spacial score (nSPS) is 7.50. The average molecular weight is 142 g/mol. The molecular weight excluding hydrogens is 135 g/mol. The molecule has 0 aromatic carbocycles. The van der Waals surface area contributed by atoms with Gasteiger partial charge in [-0.05, 0) is 0 Å². The van der Waals surface area contributed by atoms with Crippen LogP contribution in [0, 0.1) is 0 Å². The van der Waals surface area contributed by atoms with E-state index in [0.29, 0.717) is 0 Å². The van der Waals surface area contributed by atoms with Crippen molar-refractivity contribution >= 4 is 11.4 Å². The van der Waals surface area contributed by atoms with E-state index >= 15 is 0 Å². The van der Waals surface area contributed by atoms with Gasteiger partial charge in [0.1, 0.15) is 6.67 Å². The number of alkyl halides is 1. The zero-order valence-electron chi connectivity index (χ0n) is 4.08. The van der Waals surface area contributed by atoms with E-state index in [-0.39, 0.29) is 0 Å². The predicted octanol–water partition coefficient (Wildman–Crippen LogP) is 0.823. The monoisotopic (exact) mass is 142 g/mol. The third-order valence-corrected chi connectivity index (χ3v) is 0.109. The van der Waals surface area contributed by atoms with Gasteiger partial charge in [-0.15, -0.1) is 6.58 Å². The van der Waals surface area contributed by atoms with Crippen LogP contribution in [0.25, 0.3) is 0 Å². The zero-order chi connectivity index (χ0) is 6.99. The van der Waals surface area contributed by atoms with Gasteiger partial charge in [-0.3, -0.25) is 9.11 Å². The van der Waals surface area contributed by atoms with Crippen molar-refractivity contribution in [2.75, 3.05) is 6.67 Å². The summed E-state index contributed by atoms with van der Waals surface area (Å²) in [6, 6.07) is 0. The number of allylic oxidation sites excluding steroid dienone is 1. The maximum atomic E-state index is 10.6. The van der Waals surface area contributed by atoms with Gasteiger partial charge in [-0.25, -0.2) is 4.39 Å². The fourth-order valence-electron chi connectivity index (χ4n) is 0. The Morgan fingerprint density at radius 1 is 1.75 bits per heavy atom. The lowest BCUT2D eigenvalue weighted by Gasteiger charge is -1.59. The van der Waals surface area contributed by atoms with Gasteiger partial charge < -0.3 is 0 Å². The SMILES string of the molecule is C=CCF.O=S(O)O. The summed E-state index contributed by atoms with van der Waals surface area (Å²) in [5, 5.41) is 0. The Balaban J connectivity index is 0. The van der Waals surface area contributed by atoms with Crippen LogP contribution in [0.2, 0.25) is 0 Å². The van der Waals surface area contributed by atoms with Crippen molar-refractivity contribution in [3.05, 3.63) is 12.7 Å². The highest BCUT2D eigenvalue weighted by Gasteiger charge is 1.62. The molecule has 2 N–H and O–H groups in total. The van der Waals surface area contributed by atoms with Crippen molar-refractivity contribution in [2.45, 2.75) is 0 Å². The fourth-order valence-corrected chi connectivity index (χ4v) is 0. The van der Waals surface area contributed by atoms with E-state index in [4.69, 9.17) is 13.3 Å². The molecule has 0 aromatic rings. The van der Waals surface area contributed by atoms with Gasteiger partial charge in [0.15, 0.2) is 0 Å². The summed E-state index contributed by atoms with van der Waals surface area (Å²) >= 11 is -2.61. The molecule has 0 aromatic heterocycles. The Hall–Kier alpha value is -0.260. The van der Waals surface area contributed by atoms with Gasteiger partial charge in [0.2, 0.25) is 0 Å². The molecule has 0 aliphatic rings. The Labute approximate surface area is 49.3 Å². The third-order valence-electron chi connectivity index (χ3n) is 0.109. The first-order valence-electron chi connectivity index (χ1n) is 1.62. The van der Waals surface area contributed by atoms with E-state index in [9.17, 15) is 4.39 Å². The molecule has 0 heterocycles. The van der Waals surface area contributed by atoms with Gasteiger partial charge >= 0.3 is 0 Å². The second-order valence-corrected chi connectivity index (χ2v) is 1.14. The molecular formula is C3H7FO3S. The van der Waals surface area contributed by atoms with E-state index in [1.54, 1.807) is 0 Å². The summed E-state index contributed by atoms with van der Waals surface area (Å²) < 4.78 is 33.4. The van der Waals surface area contributed by atoms with Crippen LogP contribution in [0.4, 0.5) is 4.39 Å². The van der Waals surface area contributed by atoms with Crippen LogP contribution in [-0.4, -0.2) is 20.0 Å². The van der Waals surface area contributed by atoms with E-state index in [1.807, 2.05) is 0 Å². The minimum Gasteiger partial charge on any atom is -0.284 e. The van der Waals surface area contributed by atoms with E-state index in [0.717, 1.165) is 0 Å². The van der Waals surface area contributed by atoms with Gasteiger partial charge in [0.05, 0.1) is 0 Å². The van der Waals surface area contributed by atoms with Crippen LogP contribution in [0.5, 0.6) is 0 Å². The van der Waals surface area contributed by atoms with E-state index in [2.05, 4.69) is 6.58 Å². The van der Waals surface area contributed by atoms with Crippen molar-refractivity contribution in [1.29, 1.82) is 0 Å². The summed E-state index contributed by atoms with van der Waals surface area (Å²) in [7, 11) is 0. The van der Waals surface area contributed by atoms with Crippen molar-refractivity contribution in [3.8, 4) is 0 Å². The second kappa shape index (κ2) is 9.88. The largest absolute Gasteiger partial charge is 0.299 e. The number of hydrogen-bond donors (Lipinski definition) is 2. The Morgan fingerprint density at radius 3 is 1.88 bits per heavy atom. The van der Waals surface area contributed by atoms with Crippen molar-refractivity contribution in [2.24, 2.45) is 0 Å². The number of halogens is 1. The summed E-state index contributed by atoms with van der Waals surface area (Å²) in [5.41, 5.74) is 0. The molecule has 8 heavy (non-hydrogen) atoms. The summed E-state index contributed by atoms with van der Waals surface area (Å²) in [5.74, 6) is 0. The second-order valence-electron chi connectivity index (χ2n) is 0.674. The lowest BCUT2D eigenvalue weighted by Crippen LogP contribution is -1.74. The summed E-state index contributed by atoms with van der Waals surface area (Å²) in [6.07, 6.45) is 1.21. The van der Waals surface area contributed by atoms with Crippen LogP contribution in [0.15, 0.2) is 12.7 Å².